The summed E-state index contributed by atoms with van der Waals surface area (Å²) >= 11 is 0. The van der Waals surface area contributed by atoms with Gasteiger partial charge in [-0.05, 0) is 108 Å². The number of hydrogen-bond donors (Lipinski definition) is 3. The standard InChI is InChI=1S/C33H39NO5.C29H46N2O7.C11H19NO5/c1-4-9-23(32(38-3)31(36)17-22-14-15-22)18-30(35)29-16-21(2)19-34(29)33(37)39-20-28-26-12-7-5-10-24(26)25-11-6-8-13-27(25)28;1-7-8-20(25(36-6)24(33)14-19-9-10-19)15-23(32)22-13-18(2)16-31(22)27(34)26(29(3,4)5)30-28(35)38-21-11-12-37-17-21;1-11(2,3)8(9(13)14)12-10(15)17-7-4-5-16-6-7/h5-8,10-13,22-23,28-29,32H,2,4,9,14-20H2,1,3H3;19-22,25-26H,2,7-17H2,1,3-6H3,(H,30,35);7-8H,4-6H2,1-3H3,(H,12,15)(H,13,14)/t23-,29+,32?;20-,21+,22+,25?,26-;7-,8+/m110/s1. The van der Waals surface area contributed by atoms with Crippen molar-refractivity contribution >= 4 is 53.3 Å². The summed E-state index contributed by atoms with van der Waals surface area (Å²) in [6.45, 7) is 25.6. The number of carboxylic acids is 1. The zero-order valence-corrected chi connectivity index (χ0v) is 57.2. The Kier molecular flexibility index (Phi) is 27.2. The summed E-state index contributed by atoms with van der Waals surface area (Å²) in [5, 5.41) is 14.1. The van der Waals surface area contributed by atoms with Gasteiger partial charge in [-0.15, -0.1) is 0 Å². The Morgan fingerprint density at radius 1 is 0.606 bits per heavy atom. The predicted octanol–water partition coefficient (Wildman–Crippen LogP) is 11.2. The molecule has 2 aromatic carbocycles. The molecule has 2 aromatic rings. The molecule has 4 amide bonds. The number of fused-ring (bicyclic) bond motifs is 3. The number of aliphatic carboxylic acids is 1. The van der Waals surface area contributed by atoms with E-state index in [0.717, 1.165) is 67.2 Å². The summed E-state index contributed by atoms with van der Waals surface area (Å²) in [4.78, 5) is 119. The summed E-state index contributed by atoms with van der Waals surface area (Å²) in [6.07, 6.45) is 7.19. The molecule has 2 saturated carbocycles. The second kappa shape index (κ2) is 34.2. The minimum atomic E-state index is -1.07. The van der Waals surface area contributed by atoms with Crippen molar-refractivity contribution in [3.8, 4) is 11.1 Å². The lowest BCUT2D eigenvalue weighted by Crippen LogP contribution is -2.57. The van der Waals surface area contributed by atoms with Crippen molar-refractivity contribution in [3.05, 3.63) is 84.0 Å². The maximum Gasteiger partial charge on any atom is 0.410 e. The largest absolute Gasteiger partial charge is 0.480 e. The van der Waals surface area contributed by atoms with Gasteiger partial charge in [-0.1, -0.05) is 141 Å². The summed E-state index contributed by atoms with van der Waals surface area (Å²) in [5.74, 6) is -0.983. The number of carboxylic acid groups (broad SMARTS) is 1. The van der Waals surface area contributed by atoms with Crippen LogP contribution in [0.2, 0.25) is 0 Å². The molecular weight excluding hydrogens is 1200 g/mol. The Morgan fingerprint density at radius 3 is 1.40 bits per heavy atom. The number of hydrogen-bond acceptors (Lipinski definition) is 16. The molecule has 21 heteroatoms. The Labute approximate surface area is 555 Å². The molecule has 10 atom stereocenters. The number of alkyl carbamates (subject to hydrolysis) is 2. The van der Waals surface area contributed by atoms with Crippen LogP contribution < -0.4 is 10.6 Å². The van der Waals surface area contributed by atoms with Crippen molar-refractivity contribution < 1.29 is 81.4 Å². The van der Waals surface area contributed by atoms with Gasteiger partial charge in [0, 0.05) is 71.8 Å². The number of carbonyl (C=O) groups excluding carboxylic acids is 8. The number of benzene rings is 2. The van der Waals surface area contributed by atoms with E-state index in [2.05, 4.69) is 55.0 Å². The fourth-order valence-electron chi connectivity index (χ4n) is 13.4. The van der Waals surface area contributed by atoms with Gasteiger partial charge in [0.05, 0.1) is 38.5 Å². The number of nitrogens with one attached hydrogen (secondary N) is 2. The van der Waals surface area contributed by atoms with E-state index >= 15 is 0 Å². The van der Waals surface area contributed by atoms with Crippen LogP contribution in [0.1, 0.15) is 175 Å². The fraction of sp³-hybridized carbons (Fsp3) is 0.658. The van der Waals surface area contributed by atoms with Gasteiger partial charge in [-0.2, -0.15) is 0 Å². The highest BCUT2D eigenvalue weighted by atomic mass is 16.6. The zero-order chi connectivity index (χ0) is 68.6. The predicted molar refractivity (Wildman–Crippen MR) is 353 cm³/mol. The molecule has 4 aliphatic heterocycles. The van der Waals surface area contributed by atoms with E-state index in [1.807, 2.05) is 52.0 Å². The van der Waals surface area contributed by atoms with Gasteiger partial charge in [-0.3, -0.25) is 28.9 Å². The van der Waals surface area contributed by atoms with Crippen molar-refractivity contribution in [3.63, 3.8) is 0 Å². The number of ketones is 4. The van der Waals surface area contributed by atoms with Gasteiger partial charge in [0.2, 0.25) is 5.91 Å². The Hall–Kier alpha value is -6.81. The van der Waals surface area contributed by atoms with Crippen LogP contribution in [-0.4, -0.2) is 177 Å². The van der Waals surface area contributed by atoms with Crippen LogP contribution in [-0.2, 0) is 61.9 Å². The highest BCUT2D eigenvalue weighted by Gasteiger charge is 2.46. The van der Waals surface area contributed by atoms with E-state index in [0.29, 0.717) is 89.8 Å². The second-order valence-electron chi connectivity index (χ2n) is 28.8. The minimum Gasteiger partial charge on any atom is -0.480 e. The van der Waals surface area contributed by atoms with Gasteiger partial charge in [0.1, 0.15) is 43.1 Å². The highest BCUT2D eigenvalue weighted by molar-refractivity contribution is 5.95. The molecule has 94 heavy (non-hydrogen) atoms. The summed E-state index contributed by atoms with van der Waals surface area (Å²) in [7, 11) is 3.09. The maximum atomic E-state index is 13.8. The van der Waals surface area contributed by atoms with Crippen LogP contribution in [0, 0.1) is 34.5 Å². The molecule has 7 aliphatic rings. The van der Waals surface area contributed by atoms with Gasteiger partial charge in [0.15, 0.2) is 23.1 Å². The SMILES string of the molecule is C=C1C[C@@H](C(=O)C[C@@H](CCC)C(OC)C(=O)CC2CC2)N(C(=O)OCC2c3ccccc3-c3ccccc32)C1.C=C1C[C@@H](C(=O)C[C@@H](CCC)C(OC)C(=O)CC2CC2)N(C(=O)[C@@H](NC(=O)O[C@H]2CCOC2)C(C)(C)C)C1.CC(C)(C)[C@H](NC(=O)O[C@H]1CCOC1)C(=O)O. The van der Waals surface area contributed by atoms with Crippen molar-refractivity contribution in [1.82, 2.24) is 20.4 Å². The van der Waals surface area contributed by atoms with E-state index < -0.39 is 71.5 Å². The first-order valence-corrected chi connectivity index (χ1v) is 33.9. The molecule has 4 saturated heterocycles. The van der Waals surface area contributed by atoms with Crippen LogP contribution in [0.4, 0.5) is 14.4 Å². The van der Waals surface area contributed by atoms with Gasteiger partial charge >= 0.3 is 24.2 Å². The summed E-state index contributed by atoms with van der Waals surface area (Å²) < 4.78 is 38.0. The first-order valence-electron chi connectivity index (χ1n) is 33.9. The quantitative estimate of drug-likeness (QED) is 0.0528. The molecule has 6 fully saturated rings. The van der Waals surface area contributed by atoms with Crippen LogP contribution >= 0.6 is 0 Å². The Bertz CT molecular complexity index is 2960. The van der Waals surface area contributed by atoms with E-state index in [4.69, 9.17) is 38.3 Å². The summed E-state index contributed by atoms with van der Waals surface area (Å²) in [5.41, 5.74) is 5.06. The Morgan fingerprint density at radius 2 is 1.02 bits per heavy atom. The maximum absolute atomic E-state index is 13.8. The molecule has 518 valence electrons. The molecule has 9 rings (SSSR count). The summed E-state index contributed by atoms with van der Waals surface area (Å²) in [6, 6.07) is 13.3. The number of ether oxygens (including phenoxy) is 7. The number of nitrogens with zero attached hydrogens (tertiary/aromatic N) is 2. The average Bonchev–Trinajstić information content (AvgIpc) is 1.62. The number of amides is 4. The van der Waals surface area contributed by atoms with E-state index in [-0.39, 0.29) is 85.0 Å². The minimum absolute atomic E-state index is 0.0461. The van der Waals surface area contributed by atoms with Gasteiger partial charge in [-0.25, -0.2) is 19.2 Å². The normalized spacial score (nSPS) is 22.0. The van der Waals surface area contributed by atoms with Crippen molar-refractivity contribution in [2.75, 3.05) is 60.3 Å². The number of carbonyl (C=O) groups is 9. The van der Waals surface area contributed by atoms with Crippen LogP contribution in [0.5, 0.6) is 0 Å². The molecule has 0 aromatic heterocycles. The third-order valence-electron chi connectivity index (χ3n) is 18.8. The molecule has 4 heterocycles. The van der Waals surface area contributed by atoms with Gasteiger partial charge in [0.25, 0.3) is 0 Å². The van der Waals surface area contributed by atoms with Crippen molar-refractivity contribution in [2.45, 2.75) is 213 Å². The lowest BCUT2D eigenvalue weighted by Gasteiger charge is -2.35. The van der Waals surface area contributed by atoms with Crippen LogP contribution in [0.15, 0.2) is 72.8 Å². The van der Waals surface area contributed by atoms with E-state index in [9.17, 15) is 43.2 Å². The lowest BCUT2D eigenvalue weighted by atomic mass is 9.84. The molecule has 0 radical (unpaired) electrons. The highest BCUT2D eigenvalue weighted by Crippen LogP contribution is 2.45. The lowest BCUT2D eigenvalue weighted by molar-refractivity contribution is -0.142. The fourth-order valence-corrected chi connectivity index (χ4v) is 13.4. The molecule has 0 spiro atoms. The first-order chi connectivity index (χ1) is 44.6. The van der Waals surface area contributed by atoms with Crippen molar-refractivity contribution in [1.29, 1.82) is 0 Å². The van der Waals surface area contributed by atoms with E-state index in [1.54, 1.807) is 27.9 Å². The molecule has 21 nitrogen and oxygen atoms in total. The topological polar surface area (TPSA) is 269 Å². The zero-order valence-electron chi connectivity index (χ0n) is 57.2. The third kappa shape index (κ3) is 20.8. The Balaban J connectivity index is 0.000000215. The van der Waals surface area contributed by atoms with Crippen LogP contribution in [0.3, 0.4) is 0 Å². The number of likely N-dealkylation sites (tertiary alicyclic amines) is 2. The number of methoxy groups -OCH3 is 2. The average molecular weight is 1310 g/mol. The first kappa shape index (κ1) is 74.6. The smallest absolute Gasteiger partial charge is 0.410 e. The molecular formula is C73H104N4O17. The van der Waals surface area contributed by atoms with Crippen molar-refractivity contribution in [2.24, 2.45) is 34.5 Å². The second-order valence-corrected chi connectivity index (χ2v) is 28.8. The van der Waals surface area contributed by atoms with E-state index in [1.165, 1.54) is 28.0 Å². The molecule has 3 N–H and O–H groups in total. The number of Topliss-reactive ketones (excluding diaryl/α,β-unsaturated/α-hetero) is 4. The monoisotopic (exact) mass is 1310 g/mol. The third-order valence-corrected chi connectivity index (χ3v) is 18.8. The van der Waals surface area contributed by atoms with Gasteiger partial charge < -0.3 is 53.8 Å². The molecule has 3 aliphatic carbocycles. The molecule has 2 unspecified atom stereocenters. The molecule has 0 bridgehead atoms. The number of rotatable bonds is 28. The van der Waals surface area contributed by atoms with Crippen LogP contribution in [0.25, 0.3) is 11.1 Å².